The number of hydrogen-bond acceptors (Lipinski definition) is 6. The standard InChI is InChI=1S/C26H33N5O2/c1-31(2)13-15-33-20-11-9-19(10-12-20)24-22(18-6-3-4-7-18)23-25(28-17-29-26(23)30-24)27-16-21-8-5-14-32-21/h6,9-12,17,21H,3-5,7-8,13-16H2,1-2H3,(H2,27,28,29,30)/t21-/m0/s1. The fourth-order valence-electron chi connectivity index (χ4n) is 4.67. The number of H-pyrrole nitrogens is 1. The highest BCUT2D eigenvalue weighted by Gasteiger charge is 2.23. The highest BCUT2D eigenvalue weighted by atomic mass is 16.5. The number of likely N-dealkylation sites (N-methyl/N-ethyl adjacent to an activating group) is 1. The maximum absolute atomic E-state index is 5.89. The topological polar surface area (TPSA) is 75.3 Å². The number of aromatic amines is 1. The molecule has 1 fully saturated rings. The Labute approximate surface area is 195 Å². The van der Waals surface area contributed by atoms with E-state index in [-0.39, 0.29) is 6.10 Å². The van der Waals surface area contributed by atoms with E-state index in [9.17, 15) is 0 Å². The van der Waals surface area contributed by atoms with Crippen LogP contribution in [0.1, 0.15) is 37.7 Å². The third kappa shape index (κ3) is 4.89. The van der Waals surface area contributed by atoms with Crippen molar-refractivity contribution >= 4 is 22.4 Å². The molecule has 3 aromatic rings. The van der Waals surface area contributed by atoms with Gasteiger partial charge in [-0.25, -0.2) is 9.97 Å². The molecule has 5 rings (SSSR count). The minimum atomic E-state index is 0.252. The van der Waals surface area contributed by atoms with Crippen molar-refractivity contribution in [3.63, 3.8) is 0 Å². The number of hydrogen-bond donors (Lipinski definition) is 2. The first-order chi connectivity index (χ1) is 16.2. The lowest BCUT2D eigenvalue weighted by Crippen LogP contribution is -2.19. The summed E-state index contributed by atoms with van der Waals surface area (Å²) in [6, 6.07) is 8.35. The molecule has 174 valence electrons. The van der Waals surface area contributed by atoms with Crippen LogP contribution >= 0.6 is 0 Å². The van der Waals surface area contributed by atoms with E-state index in [4.69, 9.17) is 9.47 Å². The summed E-state index contributed by atoms with van der Waals surface area (Å²) in [5.74, 6) is 1.77. The molecule has 1 aromatic carbocycles. The van der Waals surface area contributed by atoms with Crippen molar-refractivity contribution in [2.24, 2.45) is 0 Å². The van der Waals surface area contributed by atoms with E-state index in [1.165, 1.54) is 17.6 Å². The molecule has 33 heavy (non-hydrogen) atoms. The molecular weight excluding hydrogens is 414 g/mol. The van der Waals surface area contributed by atoms with Crippen LogP contribution in [-0.4, -0.2) is 66.4 Å². The molecule has 0 saturated carbocycles. The Morgan fingerprint density at radius 3 is 2.79 bits per heavy atom. The SMILES string of the molecule is CN(C)CCOc1ccc(-c2[nH]c3ncnc(NC[C@@H]4CCCO4)c3c2C2=CCCC2)cc1. The average molecular weight is 448 g/mol. The first-order valence-electron chi connectivity index (χ1n) is 12.0. The van der Waals surface area contributed by atoms with Gasteiger partial charge in [0.2, 0.25) is 0 Å². The summed E-state index contributed by atoms with van der Waals surface area (Å²) in [6.45, 7) is 3.19. The van der Waals surface area contributed by atoms with Gasteiger partial charge in [-0.1, -0.05) is 6.08 Å². The fourth-order valence-corrected chi connectivity index (χ4v) is 4.67. The molecule has 1 aliphatic carbocycles. The predicted molar refractivity (Wildman–Crippen MR) is 133 cm³/mol. The first kappa shape index (κ1) is 21.9. The number of nitrogens with zero attached hydrogens (tertiary/aromatic N) is 3. The van der Waals surface area contributed by atoms with E-state index in [0.29, 0.717) is 6.61 Å². The van der Waals surface area contributed by atoms with Gasteiger partial charge in [-0.2, -0.15) is 0 Å². The zero-order chi connectivity index (χ0) is 22.6. The Morgan fingerprint density at radius 2 is 2.06 bits per heavy atom. The Balaban J connectivity index is 1.48. The second kappa shape index (κ2) is 9.93. The lowest BCUT2D eigenvalue weighted by atomic mass is 9.98. The zero-order valence-electron chi connectivity index (χ0n) is 19.6. The van der Waals surface area contributed by atoms with E-state index in [0.717, 1.165) is 79.2 Å². The fraction of sp³-hybridized carbons (Fsp3) is 0.462. The van der Waals surface area contributed by atoms with E-state index >= 15 is 0 Å². The van der Waals surface area contributed by atoms with Crippen molar-refractivity contribution in [3.05, 3.63) is 42.2 Å². The van der Waals surface area contributed by atoms with Crippen molar-refractivity contribution in [1.82, 2.24) is 19.9 Å². The number of rotatable bonds is 9. The second-order valence-corrected chi connectivity index (χ2v) is 9.13. The number of anilines is 1. The van der Waals surface area contributed by atoms with Gasteiger partial charge in [-0.3, -0.25) is 0 Å². The highest BCUT2D eigenvalue weighted by Crippen LogP contribution is 2.41. The van der Waals surface area contributed by atoms with Gasteiger partial charge in [-0.05, 0) is 81.6 Å². The van der Waals surface area contributed by atoms with E-state index in [2.05, 4.69) is 43.4 Å². The Hall–Kier alpha value is -2.90. The van der Waals surface area contributed by atoms with Crippen molar-refractivity contribution in [2.75, 3.05) is 45.7 Å². The second-order valence-electron chi connectivity index (χ2n) is 9.13. The molecule has 0 radical (unpaired) electrons. The van der Waals surface area contributed by atoms with Gasteiger partial charge in [0.25, 0.3) is 0 Å². The summed E-state index contributed by atoms with van der Waals surface area (Å²) >= 11 is 0. The van der Waals surface area contributed by atoms with Crippen LogP contribution in [0.5, 0.6) is 5.75 Å². The average Bonchev–Trinajstić information content (AvgIpc) is 3.58. The van der Waals surface area contributed by atoms with Crippen LogP contribution in [0, 0.1) is 0 Å². The molecule has 7 heteroatoms. The van der Waals surface area contributed by atoms with Gasteiger partial charge in [0.15, 0.2) is 0 Å². The van der Waals surface area contributed by atoms with Gasteiger partial charge in [0, 0.05) is 25.3 Å². The number of allylic oxidation sites excluding steroid dienone is 2. The van der Waals surface area contributed by atoms with Gasteiger partial charge < -0.3 is 24.7 Å². The van der Waals surface area contributed by atoms with E-state index in [1.54, 1.807) is 6.33 Å². The first-order valence-corrected chi connectivity index (χ1v) is 12.0. The van der Waals surface area contributed by atoms with Crippen LogP contribution in [0.4, 0.5) is 5.82 Å². The molecule has 0 unspecified atom stereocenters. The maximum Gasteiger partial charge on any atom is 0.143 e. The van der Waals surface area contributed by atoms with Crippen LogP contribution in [-0.2, 0) is 4.74 Å². The smallest absolute Gasteiger partial charge is 0.143 e. The zero-order valence-corrected chi connectivity index (χ0v) is 19.6. The van der Waals surface area contributed by atoms with Crippen LogP contribution in [0.2, 0.25) is 0 Å². The van der Waals surface area contributed by atoms with Gasteiger partial charge >= 0.3 is 0 Å². The molecule has 1 saturated heterocycles. The number of nitrogens with one attached hydrogen (secondary N) is 2. The van der Waals surface area contributed by atoms with Crippen LogP contribution in [0.25, 0.3) is 27.9 Å². The summed E-state index contributed by atoms with van der Waals surface area (Å²) in [5.41, 5.74) is 5.68. The molecule has 0 bridgehead atoms. The summed E-state index contributed by atoms with van der Waals surface area (Å²) in [6.07, 6.45) is 9.86. The van der Waals surface area contributed by atoms with E-state index in [1.807, 2.05) is 26.2 Å². The molecule has 2 aliphatic rings. The molecule has 7 nitrogen and oxygen atoms in total. The molecule has 1 atom stereocenters. The molecule has 2 aromatic heterocycles. The van der Waals surface area contributed by atoms with Gasteiger partial charge in [0.05, 0.1) is 17.2 Å². The third-order valence-corrected chi connectivity index (χ3v) is 6.42. The molecule has 1 aliphatic heterocycles. The number of fused-ring (bicyclic) bond motifs is 1. The summed E-state index contributed by atoms with van der Waals surface area (Å²) in [7, 11) is 4.10. The lowest BCUT2D eigenvalue weighted by molar-refractivity contribution is 0.120. The minimum Gasteiger partial charge on any atom is -0.492 e. The third-order valence-electron chi connectivity index (χ3n) is 6.42. The Kier molecular flexibility index (Phi) is 6.60. The Bertz CT molecular complexity index is 1110. The quantitative estimate of drug-likeness (QED) is 0.494. The van der Waals surface area contributed by atoms with Crippen LogP contribution in [0.15, 0.2) is 36.7 Å². The molecule has 0 spiro atoms. The van der Waals surface area contributed by atoms with Crippen molar-refractivity contribution in [1.29, 1.82) is 0 Å². The minimum absolute atomic E-state index is 0.252. The highest BCUT2D eigenvalue weighted by molar-refractivity contribution is 6.04. The predicted octanol–water partition coefficient (Wildman–Crippen LogP) is 4.72. The summed E-state index contributed by atoms with van der Waals surface area (Å²) in [4.78, 5) is 14.9. The molecular formula is C26H33N5O2. The van der Waals surface area contributed by atoms with Gasteiger partial charge in [-0.15, -0.1) is 0 Å². The van der Waals surface area contributed by atoms with Crippen molar-refractivity contribution < 1.29 is 9.47 Å². The summed E-state index contributed by atoms with van der Waals surface area (Å²) in [5, 5.41) is 4.63. The van der Waals surface area contributed by atoms with Crippen LogP contribution in [0.3, 0.4) is 0 Å². The number of ether oxygens (including phenoxy) is 2. The summed E-state index contributed by atoms with van der Waals surface area (Å²) < 4.78 is 11.7. The van der Waals surface area contributed by atoms with Crippen molar-refractivity contribution in [3.8, 4) is 17.0 Å². The van der Waals surface area contributed by atoms with Crippen molar-refractivity contribution in [2.45, 2.75) is 38.2 Å². The normalized spacial score (nSPS) is 18.3. The molecule has 2 N–H and O–H groups in total. The van der Waals surface area contributed by atoms with Gasteiger partial charge in [0.1, 0.15) is 30.1 Å². The van der Waals surface area contributed by atoms with E-state index < -0.39 is 0 Å². The Morgan fingerprint density at radius 1 is 1.18 bits per heavy atom. The van der Waals surface area contributed by atoms with Crippen LogP contribution < -0.4 is 10.1 Å². The molecule has 0 amide bonds. The largest absolute Gasteiger partial charge is 0.492 e. The molecule has 3 heterocycles. The number of benzene rings is 1. The lowest BCUT2D eigenvalue weighted by Gasteiger charge is -2.13. The number of aromatic nitrogens is 3. The monoisotopic (exact) mass is 447 g/mol. The maximum atomic E-state index is 5.89.